The molecule has 1 aromatic rings. The number of rotatable bonds is 5. The zero-order valence-corrected chi connectivity index (χ0v) is 14.2. The topological polar surface area (TPSA) is 72.0 Å². The zero-order chi connectivity index (χ0) is 16.3. The highest BCUT2D eigenvalue weighted by Gasteiger charge is 2.28. The molecule has 7 nitrogen and oxygen atoms in total. The van der Waals surface area contributed by atoms with Gasteiger partial charge < -0.3 is 14.4 Å². The van der Waals surface area contributed by atoms with Crippen molar-refractivity contribution in [3.05, 3.63) is 18.3 Å². The Kier molecular flexibility index (Phi) is 5.15. The van der Waals surface area contributed by atoms with Crippen molar-refractivity contribution in [1.29, 1.82) is 0 Å². The van der Waals surface area contributed by atoms with E-state index in [2.05, 4.69) is 16.8 Å². The first-order chi connectivity index (χ1) is 11.1. The number of nitrogens with zero attached hydrogens (tertiary/aromatic N) is 3. The molecule has 2 aliphatic heterocycles. The van der Waals surface area contributed by atoms with E-state index in [9.17, 15) is 8.42 Å². The van der Waals surface area contributed by atoms with Crippen LogP contribution in [-0.2, 0) is 14.8 Å². The summed E-state index contributed by atoms with van der Waals surface area (Å²) in [6.07, 6.45) is 2.22. The molecule has 0 unspecified atom stereocenters. The fraction of sp³-hybridized carbons (Fsp3) is 0.667. The van der Waals surface area contributed by atoms with Crippen LogP contribution >= 0.6 is 0 Å². The molecule has 3 heterocycles. The SMILES string of the molecule is CCN1CCN(S(=O)(=O)c2ccc(O[C@H]3CCOC3)nc2)CC1. The fourth-order valence-corrected chi connectivity index (χ4v) is 4.17. The van der Waals surface area contributed by atoms with E-state index in [4.69, 9.17) is 9.47 Å². The van der Waals surface area contributed by atoms with Gasteiger partial charge in [0.05, 0.1) is 19.4 Å². The Morgan fingerprint density at radius 2 is 2.09 bits per heavy atom. The molecule has 0 N–H and O–H groups in total. The van der Waals surface area contributed by atoms with E-state index >= 15 is 0 Å². The lowest BCUT2D eigenvalue weighted by atomic mass is 10.3. The lowest BCUT2D eigenvalue weighted by Gasteiger charge is -2.33. The van der Waals surface area contributed by atoms with Crippen LogP contribution in [0.25, 0.3) is 0 Å². The smallest absolute Gasteiger partial charge is 0.244 e. The third kappa shape index (κ3) is 3.82. The molecule has 8 heteroatoms. The normalized spacial score (nSPS) is 24.0. The highest BCUT2D eigenvalue weighted by Crippen LogP contribution is 2.20. The first kappa shape index (κ1) is 16.6. The maximum absolute atomic E-state index is 12.6. The van der Waals surface area contributed by atoms with Gasteiger partial charge in [0.1, 0.15) is 11.0 Å². The molecular weight excluding hydrogens is 318 g/mol. The molecule has 0 spiro atoms. The monoisotopic (exact) mass is 341 g/mol. The van der Waals surface area contributed by atoms with E-state index in [0.717, 1.165) is 26.1 Å². The molecule has 0 radical (unpaired) electrons. The summed E-state index contributed by atoms with van der Waals surface area (Å²) in [5.74, 6) is 0.440. The number of likely N-dealkylation sites (N-methyl/N-ethyl adjacent to an activating group) is 1. The Morgan fingerprint density at radius 3 is 2.65 bits per heavy atom. The number of pyridine rings is 1. The molecule has 3 rings (SSSR count). The summed E-state index contributed by atoms with van der Waals surface area (Å²) in [5, 5.41) is 0. The Bertz CT molecular complexity index is 606. The lowest BCUT2D eigenvalue weighted by Crippen LogP contribution is -2.48. The van der Waals surface area contributed by atoms with Crippen molar-refractivity contribution in [3.63, 3.8) is 0 Å². The predicted octanol–water partition coefficient (Wildman–Crippen LogP) is 0.575. The van der Waals surface area contributed by atoms with Crippen LogP contribution in [0, 0.1) is 0 Å². The molecule has 2 saturated heterocycles. The average Bonchev–Trinajstić information content (AvgIpc) is 3.08. The van der Waals surface area contributed by atoms with Gasteiger partial charge in [-0.1, -0.05) is 6.92 Å². The van der Waals surface area contributed by atoms with Crippen LogP contribution in [0.1, 0.15) is 13.3 Å². The van der Waals surface area contributed by atoms with E-state index in [-0.39, 0.29) is 11.0 Å². The highest BCUT2D eigenvalue weighted by molar-refractivity contribution is 7.89. The van der Waals surface area contributed by atoms with Crippen LogP contribution < -0.4 is 4.74 Å². The Hall–Kier alpha value is -1.22. The molecule has 0 aliphatic carbocycles. The number of sulfonamides is 1. The van der Waals surface area contributed by atoms with Gasteiger partial charge in [0.25, 0.3) is 0 Å². The van der Waals surface area contributed by atoms with Crippen LogP contribution in [-0.4, -0.2) is 74.6 Å². The van der Waals surface area contributed by atoms with E-state index in [1.165, 1.54) is 10.5 Å². The van der Waals surface area contributed by atoms with Gasteiger partial charge in [-0.3, -0.25) is 0 Å². The second-order valence-electron chi connectivity index (χ2n) is 5.77. The third-order valence-corrected chi connectivity index (χ3v) is 6.18. The predicted molar refractivity (Wildman–Crippen MR) is 85.0 cm³/mol. The first-order valence-corrected chi connectivity index (χ1v) is 9.46. The van der Waals surface area contributed by atoms with Gasteiger partial charge in [0, 0.05) is 38.7 Å². The van der Waals surface area contributed by atoms with Crippen molar-refractivity contribution in [1.82, 2.24) is 14.2 Å². The molecule has 1 atom stereocenters. The Morgan fingerprint density at radius 1 is 1.30 bits per heavy atom. The molecule has 128 valence electrons. The van der Waals surface area contributed by atoms with Crippen molar-refractivity contribution in [2.75, 3.05) is 45.9 Å². The van der Waals surface area contributed by atoms with Crippen molar-refractivity contribution in [3.8, 4) is 5.88 Å². The lowest BCUT2D eigenvalue weighted by molar-refractivity contribution is 0.138. The largest absolute Gasteiger partial charge is 0.472 e. The van der Waals surface area contributed by atoms with Gasteiger partial charge in [-0.25, -0.2) is 13.4 Å². The molecule has 23 heavy (non-hydrogen) atoms. The second-order valence-corrected chi connectivity index (χ2v) is 7.71. The first-order valence-electron chi connectivity index (χ1n) is 8.02. The summed E-state index contributed by atoms with van der Waals surface area (Å²) in [6, 6.07) is 3.19. The molecule has 0 saturated carbocycles. The van der Waals surface area contributed by atoms with E-state index in [1.54, 1.807) is 12.1 Å². The van der Waals surface area contributed by atoms with Gasteiger partial charge in [-0.15, -0.1) is 0 Å². The van der Waals surface area contributed by atoms with Gasteiger partial charge in [0.15, 0.2) is 0 Å². The summed E-state index contributed by atoms with van der Waals surface area (Å²) >= 11 is 0. The van der Waals surface area contributed by atoms with Crippen LogP contribution in [0.15, 0.2) is 23.2 Å². The van der Waals surface area contributed by atoms with Crippen LogP contribution in [0.2, 0.25) is 0 Å². The van der Waals surface area contributed by atoms with Gasteiger partial charge in [-0.05, 0) is 12.6 Å². The molecule has 0 bridgehead atoms. The minimum absolute atomic E-state index is 0.00655. The van der Waals surface area contributed by atoms with E-state index < -0.39 is 10.0 Å². The van der Waals surface area contributed by atoms with Crippen LogP contribution in [0.5, 0.6) is 5.88 Å². The molecule has 2 aliphatic rings. The summed E-state index contributed by atoms with van der Waals surface area (Å²) < 4.78 is 37.7. The Balaban J connectivity index is 1.65. The quantitative estimate of drug-likeness (QED) is 0.780. The summed E-state index contributed by atoms with van der Waals surface area (Å²) in [6.45, 7) is 6.87. The van der Waals surface area contributed by atoms with Crippen LogP contribution in [0.3, 0.4) is 0 Å². The summed E-state index contributed by atoms with van der Waals surface area (Å²) in [7, 11) is -3.47. The van der Waals surface area contributed by atoms with Gasteiger partial charge in [0.2, 0.25) is 15.9 Å². The number of aromatic nitrogens is 1. The maximum atomic E-state index is 12.6. The van der Waals surface area contributed by atoms with Gasteiger partial charge >= 0.3 is 0 Å². The number of piperazine rings is 1. The van der Waals surface area contributed by atoms with E-state index in [1.807, 2.05) is 0 Å². The fourth-order valence-electron chi connectivity index (χ4n) is 2.80. The molecule has 1 aromatic heterocycles. The minimum atomic E-state index is -3.47. The summed E-state index contributed by atoms with van der Waals surface area (Å²) in [4.78, 5) is 6.60. The third-order valence-electron chi connectivity index (χ3n) is 4.30. The standard InChI is InChI=1S/C15H23N3O4S/c1-2-17-6-8-18(9-7-17)23(19,20)14-3-4-15(16-11-14)22-13-5-10-21-12-13/h3-4,11,13H,2,5-10,12H2,1H3/t13-/m0/s1. The molecular formula is C15H23N3O4S. The van der Waals surface area contributed by atoms with Crippen molar-refractivity contribution >= 4 is 10.0 Å². The average molecular weight is 341 g/mol. The highest BCUT2D eigenvalue weighted by atomic mass is 32.2. The molecule has 2 fully saturated rings. The zero-order valence-electron chi connectivity index (χ0n) is 13.3. The second kappa shape index (κ2) is 7.12. The maximum Gasteiger partial charge on any atom is 0.244 e. The molecule has 0 aromatic carbocycles. The number of hydrogen-bond donors (Lipinski definition) is 0. The number of ether oxygens (including phenoxy) is 2. The minimum Gasteiger partial charge on any atom is -0.472 e. The van der Waals surface area contributed by atoms with E-state index in [0.29, 0.717) is 32.2 Å². The van der Waals surface area contributed by atoms with Crippen LogP contribution in [0.4, 0.5) is 0 Å². The summed E-state index contributed by atoms with van der Waals surface area (Å²) in [5.41, 5.74) is 0. The van der Waals surface area contributed by atoms with Crippen molar-refractivity contribution < 1.29 is 17.9 Å². The number of hydrogen-bond acceptors (Lipinski definition) is 6. The van der Waals surface area contributed by atoms with Gasteiger partial charge in [-0.2, -0.15) is 4.31 Å². The van der Waals surface area contributed by atoms with Crippen molar-refractivity contribution in [2.24, 2.45) is 0 Å². The Labute approximate surface area is 137 Å². The van der Waals surface area contributed by atoms with Crippen molar-refractivity contribution in [2.45, 2.75) is 24.3 Å². The molecule has 0 amide bonds.